The number of hydrogen-bond acceptors (Lipinski definition) is 3. The fourth-order valence-corrected chi connectivity index (χ4v) is 3.04. The number of rotatable bonds is 5. The lowest BCUT2D eigenvalue weighted by atomic mass is 9.99. The van der Waals surface area contributed by atoms with Gasteiger partial charge in [0, 0.05) is 29.9 Å². The second kappa shape index (κ2) is 7.07. The van der Waals surface area contributed by atoms with Crippen molar-refractivity contribution in [2.75, 3.05) is 7.05 Å². The van der Waals surface area contributed by atoms with Gasteiger partial charge in [-0.15, -0.1) is 0 Å². The highest BCUT2D eigenvalue weighted by molar-refractivity contribution is 5.77. The summed E-state index contributed by atoms with van der Waals surface area (Å²) in [6.45, 7) is 4.46. The molecule has 0 aliphatic rings. The van der Waals surface area contributed by atoms with Gasteiger partial charge in [-0.25, -0.2) is 4.98 Å². The largest absolute Gasteiger partial charge is 0.416 e. The molecule has 0 aliphatic heterocycles. The smallest absolute Gasteiger partial charge is 0.299 e. The van der Waals surface area contributed by atoms with Crippen molar-refractivity contribution in [3.8, 4) is 0 Å². The summed E-state index contributed by atoms with van der Waals surface area (Å²) >= 11 is 0. The van der Waals surface area contributed by atoms with Crippen LogP contribution in [0.25, 0.3) is 11.0 Å². The predicted octanol–water partition coefficient (Wildman–Crippen LogP) is 4.35. The van der Waals surface area contributed by atoms with Crippen LogP contribution in [0.5, 0.6) is 0 Å². The van der Waals surface area contributed by atoms with E-state index in [1.54, 1.807) is 18.3 Å². The molecule has 1 atom stereocenters. The molecule has 1 unspecified atom stereocenters. The van der Waals surface area contributed by atoms with Gasteiger partial charge in [0.25, 0.3) is 0 Å². The number of halogens is 3. The summed E-state index contributed by atoms with van der Waals surface area (Å²) in [7, 11) is 1.91. The first-order chi connectivity index (χ1) is 12.3. The number of aryl methyl sites for hydroxylation is 1. The Morgan fingerprint density at radius 3 is 2.69 bits per heavy atom. The van der Waals surface area contributed by atoms with E-state index in [1.807, 2.05) is 31.9 Å². The van der Waals surface area contributed by atoms with Crippen molar-refractivity contribution in [3.05, 3.63) is 58.9 Å². The van der Waals surface area contributed by atoms with E-state index >= 15 is 0 Å². The third-order valence-electron chi connectivity index (χ3n) is 4.68. The number of nitrogens with one attached hydrogen (secondary N) is 1. The second-order valence-electron chi connectivity index (χ2n) is 6.69. The monoisotopic (exact) mass is 362 g/mol. The Morgan fingerprint density at radius 2 is 1.96 bits per heavy atom. The highest BCUT2D eigenvalue weighted by atomic mass is 19.4. The summed E-state index contributed by atoms with van der Waals surface area (Å²) in [5.74, 6) is 0. The highest BCUT2D eigenvalue weighted by Crippen LogP contribution is 2.32. The molecule has 1 N–H and O–H groups in total. The molecule has 0 saturated carbocycles. The summed E-state index contributed by atoms with van der Waals surface area (Å²) in [5.41, 5.74) is 2.38. The fourth-order valence-electron chi connectivity index (χ4n) is 3.04. The van der Waals surface area contributed by atoms with Gasteiger partial charge in [0.1, 0.15) is 0 Å². The number of H-pyrrole nitrogens is 1. The van der Waals surface area contributed by atoms with Crippen LogP contribution in [0.15, 0.2) is 36.5 Å². The molecule has 7 heteroatoms. The number of benzene rings is 1. The molecular weight excluding hydrogens is 341 g/mol. The van der Waals surface area contributed by atoms with Gasteiger partial charge >= 0.3 is 6.18 Å². The maximum Gasteiger partial charge on any atom is 0.416 e. The van der Waals surface area contributed by atoms with E-state index in [0.717, 1.165) is 22.7 Å². The molecule has 0 radical (unpaired) electrons. The van der Waals surface area contributed by atoms with Gasteiger partial charge in [0.15, 0.2) is 5.65 Å². The molecule has 0 spiro atoms. The maximum atomic E-state index is 13.2. The number of pyridine rings is 1. The SMILES string of the molecule is Cc1[nH]nc2ncc(CN(C)C(C)Cc3ccccc3C(F)(F)F)cc12. The summed E-state index contributed by atoms with van der Waals surface area (Å²) in [6, 6.07) is 7.73. The molecule has 3 rings (SSSR count). The molecular formula is C19H21F3N4. The zero-order valence-corrected chi connectivity index (χ0v) is 14.9. The zero-order valence-electron chi connectivity index (χ0n) is 14.9. The Hall–Kier alpha value is -2.41. The van der Waals surface area contributed by atoms with Crippen molar-refractivity contribution in [2.24, 2.45) is 0 Å². The number of aromatic amines is 1. The van der Waals surface area contributed by atoms with Gasteiger partial charge in [-0.05, 0) is 50.6 Å². The molecule has 0 amide bonds. The molecule has 26 heavy (non-hydrogen) atoms. The third-order valence-corrected chi connectivity index (χ3v) is 4.68. The summed E-state index contributed by atoms with van der Waals surface area (Å²) in [5, 5.41) is 7.97. The Labute approximate surface area is 150 Å². The first-order valence-electron chi connectivity index (χ1n) is 8.40. The van der Waals surface area contributed by atoms with Crippen LogP contribution < -0.4 is 0 Å². The van der Waals surface area contributed by atoms with E-state index in [0.29, 0.717) is 24.2 Å². The Morgan fingerprint density at radius 1 is 1.23 bits per heavy atom. The minimum absolute atomic E-state index is 0.0559. The zero-order chi connectivity index (χ0) is 18.9. The quantitative estimate of drug-likeness (QED) is 0.734. The molecule has 138 valence electrons. The van der Waals surface area contributed by atoms with Crippen molar-refractivity contribution in [2.45, 2.75) is 39.0 Å². The Kier molecular flexibility index (Phi) is 5.00. The maximum absolute atomic E-state index is 13.2. The number of aromatic nitrogens is 3. The van der Waals surface area contributed by atoms with Gasteiger partial charge < -0.3 is 0 Å². The first kappa shape index (κ1) is 18.4. The lowest BCUT2D eigenvalue weighted by Crippen LogP contribution is -2.31. The van der Waals surface area contributed by atoms with E-state index in [-0.39, 0.29) is 6.04 Å². The van der Waals surface area contributed by atoms with Crippen molar-refractivity contribution >= 4 is 11.0 Å². The number of hydrogen-bond donors (Lipinski definition) is 1. The molecule has 2 heterocycles. The van der Waals surface area contributed by atoms with Crippen molar-refractivity contribution in [1.82, 2.24) is 20.1 Å². The second-order valence-corrected chi connectivity index (χ2v) is 6.69. The van der Waals surface area contributed by atoms with Crippen LogP contribution in [0.1, 0.15) is 29.3 Å². The average molecular weight is 362 g/mol. The van der Waals surface area contributed by atoms with E-state index in [9.17, 15) is 13.2 Å². The van der Waals surface area contributed by atoms with Crippen LogP contribution in [0.4, 0.5) is 13.2 Å². The highest BCUT2D eigenvalue weighted by Gasteiger charge is 2.33. The lowest BCUT2D eigenvalue weighted by Gasteiger charge is -2.26. The number of fused-ring (bicyclic) bond motifs is 1. The molecule has 1 aromatic carbocycles. The van der Waals surface area contributed by atoms with Crippen LogP contribution in [0.2, 0.25) is 0 Å². The van der Waals surface area contributed by atoms with Gasteiger partial charge in [0.2, 0.25) is 0 Å². The molecule has 0 fully saturated rings. The van der Waals surface area contributed by atoms with E-state index in [2.05, 4.69) is 15.2 Å². The normalized spacial score (nSPS) is 13.5. The Bertz CT molecular complexity index is 901. The lowest BCUT2D eigenvalue weighted by molar-refractivity contribution is -0.138. The standard InChI is InChI=1S/C19H21F3N4/c1-12(8-15-6-4-5-7-17(15)19(20,21)22)26(3)11-14-9-16-13(2)24-25-18(16)23-10-14/h4-7,9-10,12H,8,11H2,1-3H3,(H,23,24,25). The van der Waals surface area contributed by atoms with Crippen LogP contribution in [0, 0.1) is 6.92 Å². The molecule has 3 aromatic rings. The third kappa shape index (κ3) is 3.88. The van der Waals surface area contributed by atoms with Crippen LogP contribution in [-0.4, -0.2) is 33.2 Å². The van der Waals surface area contributed by atoms with E-state index < -0.39 is 11.7 Å². The van der Waals surface area contributed by atoms with Crippen molar-refractivity contribution in [1.29, 1.82) is 0 Å². The molecule has 4 nitrogen and oxygen atoms in total. The number of likely N-dealkylation sites (N-methyl/N-ethyl adjacent to an activating group) is 1. The minimum atomic E-state index is -4.33. The molecule has 0 saturated heterocycles. The molecule has 0 bridgehead atoms. The summed E-state index contributed by atoms with van der Waals surface area (Å²) < 4.78 is 39.5. The van der Waals surface area contributed by atoms with E-state index in [4.69, 9.17) is 0 Å². The van der Waals surface area contributed by atoms with Gasteiger partial charge in [-0.1, -0.05) is 18.2 Å². The van der Waals surface area contributed by atoms with Crippen LogP contribution >= 0.6 is 0 Å². The van der Waals surface area contributed by atoms with Gasteiger partial charge in [0.05, 0.1) is 5.56 Å². The van der Waals surface area contributed by atoms with Crippen LogP contribution in [0.3, 0.4) is 0 Å². The van der Waals surface area contributed by atoms with Crippen molar-refractivity contribution in [3.63, 3.8) is 0 Å². The fraction of sp³-hybridized carbons (Fsp3) is 0.368. The summed E-state index contributed by atoms with van der Waals surface area (Å²) in [4.78, 5) is 6.36. The topological polar surface area (TPSA) is 44.8 Å². The minimum Gasteiger partial charge on any atom is -0.299 e. The van der Waals surface area contributed by atoms with Gasteiger partial charge in [-0.2, -0.15) is 18.3 Å². The molecule has 0 aliphatic carbocycles. The first-order valence-corrected chi connectivity index (χ1v) is 8.40. The van der Waals surface area contributed by atoms with Gasteiger partial charge in [-0.3, -0.25) is 10.00 Å². The predicted molar refractivity (Wildman–Crippen MR) is 94.7 cm³/mol. The Balaban J connectivity index is 1.73. The average Bonchev–Trinajstić information content (AvgIpc) is 2.95. The van der Waals surface area contributed by atoms with E-state index in [1.165, 1.54) is 6.07 Å². The number of nitrogens with zero attached hydrogens (tertiary/aromatic N) is 3. The molecule has 2 aromatic heterocycles. The number of alkyl halides is 3. The van der Waals surface area contributed by atoms with Crippen molar-refractivity contribution < 1.29 is 13.2 Å². The van der Waals surface area contributed by atoms with Crippen LogP contribution in [-0.2, 0) is 19.1 Å². The summed E-state index contributed by atoms with van der Waals surface area (Å²) in [6.07, 6.45) is -2.25.